The zero-order chi connectivity index (χ0) is 12.1. The summed E-state index contributed by atoms with van der Waals surface area (Å²) in [5.74, 6) is 1.03. The van der Waals surface area contributed by atoms with Crippen molar-refractivity contribution in [2.24, 2.45) is 0 Å². The summed E-state index contributed by atoms with van der Waals surface area (Å²) in [6.45, 7) is 5.32. The summed E-state index contributed by atoms with van der Waals surface area (Å²) in [5.41, 5.74) is 1.02. The lowest BCUT2D eigenvalue weighted by atomic mass is 10.2. The highest BCUT2D eigenvalue weighted by molar-refractivity contribution is 7.99. The smallest absolute Gasteiger partial charge is 0.117 e. The molecule has 4 heteroatoms. The molecule has 0 radical (unpaired) electrons. The van der Waals surface area contributed by atoms with Crippen LogP contribution in [0.25, 0.3) is 10.9 Å². The zero-order valence-electron chi connectivity index (χ0n) is 10.2. The highest BCUT2D eigenvalue weighted by atomic mass is 32.2. The fraction of sp³-hybridized carbons (Fsp3) is 0.385. The van der Waals surface area contributed by atoms with E-state index in [1.807, 2.05) is 18.2 Å². The summed E-state index contributed by atoms with van der Waals surface area (Å²) in [7, 11) is 0. The van der Waals surface area contributed by atoms with Crippen LogP contribution in [-0.4, -0.2) is 28.3 Å². The van der Waals surface area contributed by atoms with E-state index in [-0.39, 0.29) is 0 Å². The number of hydrogen-bond donors (Lipinski definition) is 1. The van der Waals surface area contributed by atoms with Crippen LogP contribution in [0.15, 0.2) is 35.6 Å². The van der Waals surface area contributed by atoms with Gasteiger partial charge in [-0.25, -0.2) is 9.97 Å². The van der Waals surface area contributed by atoms with Gasteiger partial charge in [-0.15, -0.1) is 11.8 Å². The van der Waals surface area contributed by atoms with E-state index in [0.29, 0.717) is 6.04 Å². The van der Waals surface area contributed by atoms with Crippen molar-refractivity contribution in [2.75, 3.05) is 12.3 Å². The Hall–Kier alpha value is -1.13. The van der Waals surface area contributed by atoms with Crippen LogP contribution in [0.1, 0.15) is 13.8 Å². The molecule has 2 aromatic rings. The highest BCUT2D eigenvalue weighted by Gasteiger charge is 2.03. The molecule has 0 saturated carbocycles. The van der Waals surface area contributed by atoms with Crippen molar-refractivity contribution in [3.05, 3.63) is 30.6 Å². The van der Waals surface area contributed by atoms with Gasteiger partial charge in [-0.05, 0) is 6.07 Å². The van der Waals surface area contributed by atoms with Crippen LogP contribution < -0.4 is 5.32 Å². The van der Waals surface area contributed by atoms with Crippen molar-refractivity contribution in [2.45, 2.75) is 24.9 Å². The average molecular weight is 247 g/mol. The van der Waals surface area contributed by atoms with Crippen LogP contribution in [0.2, 0.25) is 0 Å². The third-order valence-electron chi connectivity index (χ3n) is 2.40. The van der Waals surface area contributed by atoms with Crippen molar-refractivity contribution < 1.29 is 0 Å². The highest BCUT2D eigenvalue weighted by Crippen LogP contribution is 2.23. The minimum atomic E-state index is 0.540. The summed E-state index contributed by atoms with van der Waals surface area (Å²) >= 11 is 1.78. The minimum Gasteiger partial charge on any atom is -0.314 e. The molecule has 0 bridgehead atoms. The van der Waals surface area contributed by atoms with Crippen molar-refractivity contribution in [1.29, 1.82) is 0 Å². The summed E-state index contributed by atoms with van der Waals surface area (Å²) in [6, 6.07) is 8.67. The molecule has 0 aliphatic carbocycles. The first-order chi connectivity index (χ1) is 8.27. The van der Waals surface area contributed by atoms with E-state index < -0.39 is 0 Å². The Morgan fingerprint density at radius 2 is 2.06 bits per heavy atom. The van der Waals surface area contributed by atoms with Gasteiger partial charge in [0.25, 0.3) is 0 Å². The van der Waals surface area contributed by atoms with Gasteiger partial charge in [0.1, 0.15) is 11.4 Å². The van der Waals surface area contributed by atoms with Crippen LogP contribution in [0.3, 0.4) is 0 Å². The Labute approximate surface area is 106 Å². The molecule has 1 N–H and O–H groups in total. The normalized spacial score (nSPS) is 11.2. The molecule has 0 spiro atoms. The lowest BCUT2D eigenvalue weighted by molar-refractivity contribution is 0.616. The van der Waals surface area contributed by atoms with Gasteiger partial charge in [0, 0.05) is 23.7 Å². The number of nitrogens with zero attached hydrogens (tertiary/aromatic N) is 2. The van der Waals surface area contributed by atoms with Gasteiger partial charge in [-0.2, -0.15) is 0 Å². The first kappa shape index (κ1) is 12.3. The second-order valence-corrected chi connectivity index (χ2v) is 5.24. The molecule has 2 rings (SSSR count). The van der Waals surface area contributed by atoms with E-state index in [4.69, 9.17) is 0 Å². The molecule has 3 nitrogen and oxygen atoms in total. The molecule has 0 unspecified atom stereocenters. The number of rotatable bonds is 5. The number of para-hydroxylation sites is 1. The second-order valence-electron chi connectivity index (χ2n) is 4.15. The standard InChI is InChI=1S/C13H17N3S/c1-10(2)14-7-8-17-13-11-5-3-4-6-12(11)15-9-16-13/h3-6,9-10,14H,7-8H2,1-2H3. The fourth-order valence-corrected chi connectivity index (χ4v) is 2.45. The minimum absolute atomic E-state index is 0.540. The summed E-state index contributed by atoms with van der Waals surface area (Å²) in [6.07, 6.45) is 1.64. The largest absolute Gasteiger partial charge is 0.314 e. The van der Waals surface area contributed by atoms with E-state index in [9.17, 15) is 0 Å². The maximum Gasteiger partial charge on any atom is 0.117 e. The number of aromatic nitrogens is 2. The third kappa shape index (κ3) is 3.41. The maximum absolute atomic E-state index is 4.35. The van der Waals surface area contributed by atoms with Gasteiger partial charge in [-0.1, -0.05) is 32.0 Å². The topological polar surface area (TPSA) is 37.8 Å². The molecule has 17 heavy (non-hydrogen) atoms. The SMILES string of the molecule is CC(C)NCCSc1ncnc2ccccc12. The monoisotopic (exact) mass is 247 g/mol. The molecular weight excluding hydrogens is 230 g/mol. The number of hydrogen-bond acceptors (Lipinski definition) is 4. The Bertz CT molecular complexity index is 480. The molecule has 1 heterocycles. The molecule has 0 aliphatic rings. The van der Waals surface area contributed by atoms with E-state index in [1.165, 1.54) is 0 Å². The maximum atomic E-state index is 4.35. The van der Waals surface area contributed by atoms with E-state index >= 15 is 0 Å². The number of nitrogens with one attached hydrogen (secondary N) is 1. The van der Waals surface area contributed by atoms with Crippen LogP contribution in [0.5, 0.6) is 0 Å². The Kier molecular flexibility index (Phi) is 4.34. The lowest BCUT2D eigenvalue weighted by Gasteiger charge is -2.08. The molecule has 1 aromatic carbocycles. The molecule has 90 valence electrons. The Morgan fingerprint density at radius 3 is 2.88 bits per heavy atom. The zero-order valence-corrected chi connectivity index (χ0v) is 11.0. The quantitative estimate of drug-likeness (QED) is 0.501. The molecule has 0 saturated heterocycles. The van der Waals surface area contributed by atoms with E-state index in [1.54, 1.807) is 18.1 Å². The van der Waals surface area contributed by atoms with Crippen molar-refractivity contribution in [1.82, 2.24) is 15.3 Å². The third-order valence-corrected chi connectivity index (χ3v) is 3.41. The molecule has 0 amide bonds. The Balaban J connectivity index is 2.03. The molecular formula is C13H17N3S. The summed E-state index contributed by atoms with van der Waals surface area (Å²) < 4.78 is 0. The fourth-order valence-electron chi connectivity index (χ4n) is 1.59. The first-order valence-corrected chi connectivity index (χ1v) is 6.82. The van der Waals surface area contributed by atoms with Gasteiger partial charge in [0.15, 0.2) is 0 Å². The van der Waals surface area contributed by atoms with Gasteiger partial charge in [-0.3, -0.25) is 0 Å². The summed E-state index contributed by atoms with van der Waals surface area (Å²) in [5, 5.41) is 5.61. The Morgan fingerprint density at radius 1 is 1.24 bits per heavy atom. The van der Waals surface area contributed by atoms with Crippen molar-refractivity contribution >= 4 is 22.7 Å². The number of thioether (sulfide) groups is 1. The van der Waals surface area contributed by atoms with Crippen molar-refractivity contribution in [3.8, 4) is 0 Å². The van der Waals surface area contributed by atoms with E-state index in [0.717, 1.165) is 28.2 Å². The predicted octanol–water partition coefficient (Wildman–Crippen LogP) is 2.72. The van der Waals surface area contributed by atoms with Gasteiger partial charge < -0.3 is 5.32 Å². The van der Waals surface area contributed by atoms with Crippen LogP contribution in [0.4, 0.5) is 0 Å². The molecule has 0 atom stereocenters. The number of benzene rings is 1. The van der Waals surface area contributed by atoms with E-state index in [2.05, 4.69) is 35.2 Å². The first-order valence-electron chi connectivity index (χ1n) is 5.83. The molecule has 1 aromatic heterocycles. The van der Waals surface area contributed by atoms with Crippen LogP contribution >= 0.6 is 11.8 Å². The average Bonchev–Trinajstić information content (AvgIpc) is 2.34. The predicted molar refractivity (Wildman–Crippen MR) is 73.4 cm³/mol. The van der Waals surface area contributed by atoms with Crippen LogP contribution in [0, 0.1) is 0 Å². The summed E-state index contributed by atoms with van der Waals surface area (Å²) in [4.78, 5) is 8.61. The van der Waals surface area contributed by atoms with Gasteiger partial charge in [0.2, 0.25) is 0 Å². The van der Waals surface area contributed by atoms with Crippen molar-refractivity contribution in [3.63, 3.8) is 0 Å². The van der Waals surface area contributed by atoms with Gasteiger partial charge in [0.05, 0.1) is 5.52 Å². The second kappa shape index (κ2) is 5.98. The number of fused-ring (bicyclic) bond motifs is 1. The lowest BCUT2D eigenvalue weighted by Crippen LogP contribution is -2.24. The van der Waals surface area contributed by atoms with Crippen LogP contribution in [-0.2, 0) is 0 Å². The molecule has 0 fully saturated rings. The molecule has 0 aliphatic heterocycles. The van der Waals surface area contributed by atoms with Gasteiger partial charge >= 0.3 is 0 Å².